The molecule has 5 heteroatoms. The molecule has 1 aliphatic carbocycles. The first kappa shape index (κ1) is 19.1. The Labute approximate surface area is 171 Å². The molecule has 148 valence electrons. The Morgan fingerprint density at radius 3 is 2.43 bits per heavy atom. The van der Waals surface area contributed by atoms with Gasteiger partial charge in [0.2, 0.25) is 0 Å². The highest BCUT2D eigenvalue weighted by Crippen LogP contribution is 2.35. The van der Waals surface area contributed by atoms with Crippen molar-refractivity contribution in [1.29, 1.82) is 0 Å². The van der Waals surface area contributed by atoms with E-state index in [1.807, 2.05) is 18.2 Å². The van der Waals surface area contributed by atoms with E-state index in [0.29, 0.717) is 0 Å². The summed E-state index contributed by atoms with van der Waals surface area (Å²) in [6.45, 7) is 3.31. The van der Waals surface area contributed by atoms with Crippen molar-refractivity contribution in [2.75, 3.05) is 14.2 Å². The summed E-state index contributed by atoms with van der Waals surface area (Å²) in [5.74, 6) is 2.35. The molecule has 0 amide bonds. The van der Waals surface area contributed by atoms with Crippen LogP contribution in [0.5, 0.6) is 11.5 Å². The molecule has 0 bridgehead atoms. The van der Waals surface area contributed by atoms with Gasteiger partial charge in [-0.15, -0.1) is 11.3 Å². The highest BCUT2D eigenvalue weighted by molar-refractivity contribution is 7.13. The van der Waals surface area contributed by atoms with Gasteiger partial charge in [0.1, 0.15) is 16.5 Å². The monoisotopic (exact) mass is 396 g/mol. The molecule has 0 atom stereocenters. The summed E-state index contributed by atoms with van der Waals surface area (Å²) < 4.78 is 13.3. The van der Waals surface area contributed by atoms with Crippen LogP contribution in [-0.2, 0) is 6.54 Å². The molecular weight excluding hydrogens is 368 g/mol. The van der Waals surface area contributed by atoms with Crippen molar-refractivity contribution in [3.05, 3.63) is 41.4 Å². The molecule has 4 nitrogen and oxygen atoms in total. The molecule has 1 aliphatic rings. The van der Waals surface area contributed by atoms with Gasteiger partial charge >= 0.3 is 0 Å². The van der Waals surface area contributed by atoms with Gasteiger partial charge in [0.25, 0.3) is 0 Å². The van der Waals surface area contributed by atoms with Crippen molar-refractivity contribution in [3.8, 4) is 33.5 Å². The standard InChI is InChI=1S/C23H28N2O2S/c1-16-9-10-22(25(16)14-17-7-5-4-6-8-17)21-15-28-23(24-21)18-11-19(26-2)13-20(12-18)27-3/h9-13,15,17H,4-8,14H2,1-3H3. The van der Waals surface area contributed by atoms with Crippen LogP contribution in [0.25, 0.3) is 22.0 Å². The van der Waals surface area contributed by atoms with Gasteiger partial charge in [-0.25, -0.2) is 4.98 Å². The minimum absolute atomic E-state index is 0.780. The van der Waals surface area contributed by atoms with Crippen molar-refractivity contribution < 1.29 is 9.47 Å². The van der Waals surface area contributed by atoms with Gasteiger partial charge in [-0.1, -0.05) is 19.3 Å². The van der Waals surface area contributed by atoms with E-state index < -0.39 is 0 Å². The van der Waals surface area contributed by atoms with Crippen molar-refractivity contribution in [3.63, 3.8) is 0 Å². The largest absolute Gasteiger partial charge is 0.497 e. The van der Waals surface area contributed by atoms with Crippen LogP contribution in [0.2, 0.25) is 0 Å². The van der Waals surface area contributed by atoms with Crippen molar-refractivity contribution in [2.24, 2.45) is 5.92 Å². The molecule has 28 heavy (non-hydrogen) atoms. The van der Waals surface area contributed by atoms with Gasteiger partial charge in [0, 0.05) is 29.2 Å². The highest BCUT2D eigenvalue weighted by atomic mass is 32.1. The fraction of sp³-hybridized carbons (Fsp3) is 0.435. The second-order valence-corrected chi connectivity index (χ2v) is 8.47. The predicted octanol–water partition coefficient (Wildman–Crippen LogP) is 6.18. The molecule has 1 saturated carbocycles. The maximum absolute atomic E-state index is 5.41. The normalized spacial score (nSPS) is 15.0. The molecule has 4 rings (SSSR count). The summed E-state index contributed by atoms with van der Waals surface area (Å²) in [5, 5.41) is 3.14. The number of methoxy groups -OCH3 is 2. The van der Waals surface area contributed by atoms with Crippen LogP contribution in [0.15, 0.2) is 35.7 Å². The van der Waals surface area contributed by atoms with Crippen LogP contribution in [-0.4, -0.2) is 23.8 Å². The first-order valence-electron chi connectivity index (χ1n) is 10.0. The second-order valence-electron chi connectivity index (χ2n) is 7.61. The lowest BCUT2D eigenvalue weighted by molar-refractivity contribution is 0.319. The Bertz CT molecular complexity index is 916. The molecule has 3 aromatic rings. The van der Waals surface area contributed by atoms with E-state index in [1.54, 1.807) is 25.6 Å². The van der Waals surface area contributed by atoms with Crippen LogP contribution < -0.4 is 9.47 Å². The third-order valence-electron chi connectivity index (χ3n) is 5.73. The Morgan fingerprint density at radius 1 is 1.04 bits per heavy atom. The quantitative estimate of drug-likeness (QED) is 0.499. The summed E-state index contributed by atoms with van der Waals surface area (Å²) in [5.41, 5.74) is 4.61. The number of hydrogen-bond acceptors (Lipinski definition) is 4. The molecule has 0 saturated heterocycles. The minimum Gasteiger partial charge on any atom is -0.497 e. The molecule has 2 aromatic heterocycles. The van der Waals surface area contributed by atoms with E-state index in [2.05, 4.69) is 29.0 Å². The highest BCUT2D eigenvalue weighted by Gasteiger charge is 2.18. The fourth-order valence-corrected chi connectivity index (χ4v) is 4.92. The zero-order valence-corrected chi connectivity index (χ0v) is 17.7. The molecular formula is C23H28N2O2S. The molecule has 0 aliphatic heterocycles. The van der Waals surface area contributed by atoms with Gasteiger partial charge in [-0.05, 0) is 49.9 Å². The minimum atomic E-state index is 0.780. The summed E-state index contributed by atoms with van der Waals surface area (Å²) >= 11 is 1.66. The number of ether oxygens (including phenoxy) is 2. The summed E-state index contributed by atoms with van der Waals surface area (Å²) in [6.07, 6.45) is 6.84. The van der Waals surface area contributed by atoms with E-state index in [1.165, 1.54) is 43.5 Å². The van der Waals surface area contributed by atoms with Crippen molar-refractivity contribution in [2.45, 2.75) is 45.6 Å². The Kier molecular flexibility index (Phi) is 5.72. The third-order valence-corrected chi connectivity index (χ3v) is 6.62. The molecule has 0 N–H and O–H groups in total. The van der Waals surface area contributed by atoms with E-state index in [0.717, 1.165) is 40.2 Å². The zero-order valence-electron chi connectivity index (χ0n) is 16.9. The Balaban J connectivity index is 1.63. The van der Waals surface area contributed by atoms with Gasteiger partial charge in [0.05, 0.1) is 25.6 Å². The van der Waals surface area contributed by atoms with E-state index in [-0.39, 0.29) is 0 Å². The molecule has 0 spiro atoms. The van der Waals surface area contributed by atoms with E-state index in [9.17, 15) is 0 Å². The average Bonchev–Trinajstić information content (AvgIpc) is 3.36. The van der Waals surface area contributed by atoms with Crippen LogP contribution in [0.3, 0.4) is 0 Å². The SMILES string of the molecule is COc1cc(OC)cc(-c2nc(-c3ccc(C)n3CC3CCCCC3)cs2)c1. The topological polar surface area (TPSA) is 36.3 Å². The number of benzene rings is 1. The number of rotatable bonds is 6. The molecule has 1 fully saturated rings. The van der Waals surface area contributed by atoms with Crippen molar-refractivity contribution >= 4 is 11.3 Å². The first-order valence-corrected chi connectivity index (χ1v) is 10.9. The summed E-state index contributed by atoms with van der Waals surface area (Å²) in [4.78, 5) is 4.96. The Hall–Kier alpha value is -2.27. The van der Waals surface area contributed by atoms with Crippen LogP contribution in [0, 0.1) is 12.8 Å². The number of aromatic nitrogens is 2. The second kappa shape index (κ2) is 8.39. The molecule has 0 unspecified atom stereocenters. The average molecular weight is 397 g/mol. The lowest BCUT2D eigenvalue weighted by Gasteiger charge is -2.24. The van der Waals surface area contributed by atoms with Crippen LogP contribution >= 0.6 is 11.3 Å². The maximum atomic E-state index is 5.41. The van der Waals surface area contributed by atoms with Gasteiger partial charge < -0.3 is 14.0 Å². The number of aryl methyl sites for hydroxylation is 1. The van der Waals surface area contributed by atoms with Gasteiger partial charge in [-0.3, -0.25) is 0 Å². The lowest BCUT2D eigenvalue weighted by atomic mass is 9.89. The third kappa shape index (κ3) is 3.95. The maximum Gasteiger partial charge on any atom is 0.124 e. The van der Waals surface area contributed by atoms with Crippen LogP contribution in [0.4, 0.5) is 0 Å². The van der Waals surface area contributed by atoms with E-state index in [4.69, 9.17) is 14.5 Å². The fourth-order valence-electron chi connectivity index (χ4n) is 4.12. The number of hydrogen-bond donors (Lipinski definition) is 0. The zero-order chi connectivity index (χ0) is 19.5. The summed E-state index contributed by atoms with van der Waals surface area (Å²) in [6, 6.07) is 10.3. The van der Waals surface area contributed by atoms with Gasteiger partial charge in [0.15, 0.2) is 0 Å². The lowest BCUT2D eigenvalue weighted by Crippen LogP contribution is -2.15. The molecule has 1 aromatic carbocycles. The van der Waals surface area contributed by atoms with Gasteiger partial charge in [-0.2, -0.15) is 0 Å². The summed E-state index contributed by atoms with van der Waals surface area (Å²) in [7, 11) is 3.35. The smallest absolute Gasteiger partial charge is 0.124 e. The van der Waals surface area contributed by atoms with Crippen LogP contribution in [0.1, 0.15) is 37.8 Å². The van der Waals surface area contributed by atoms with E-state index >= 15 is 0 Å². The molecule has 2 heterocycles. The first-order chi connectivity index (χ1) is 13.7. The predicted molar refractivity (Wildman–Crippen MR) is 115 cm³/mol. The van der Waals surface area contributed by atoms with Crippen molar-refractivity contribution in [1.82, 2.24) is 9.55 Å². The number of nitrogens with zero attached hydrogens (tertiary/aromatic N) is 2. The Morgan fingerprint density at radius 2 is 1.75 bits per heavy atom. The molecule has 0 radical (unpaired) electrons. The number of thiazole rings is 1.